The van der Waals surface area contributed by atoms with Gasteiger partial charge in [-0.2, -0.15) is 0 Å². The van der Waals surface area contributed by atoms with Crippen molar-refractivity contribution in [1.82, 2.24) is 10.6 Å². The van der Waals surface area contributed by atoms with E-state index in [9.17, 15) is 4.79 Å². The van der Waals surface area contributed by atoms with Gasteiger partial charge in [-0.05, 0) is 55.6 Å². The normalized spacial score (nSPS) is 30.3. The van der Waals surface area contributed by atoms with Crippen LogP contribution in [0.15, 0.2) is 17.5 Å². The van der Waals surface area contributed by atoms with E-state index in [1.165, 1.54) is 17.7 Å². The lowest BCUT2D eigenvalue weighted by atomic mass is 9.85. The molecule has 0 aromatic carbocycles. The van der Waals surface area contributed by atoms with Gasteiger partial charge in [0.15, 0.2) is 0 Å². The average molecular weight is 264 g/mol. The molecule has 3 rings (SSSR count). The zero-order valence-electron chi connectivity index (χ0n) is 10.5. The molecule has 3 nitrogen and oxygen atoms in total. The summed E-state index contributed by atoms with van der Waals surface area (Å²) in [5.74, 6) is 1.71. The molecule has 1 aliphatic carbocycles. The molecule has 1 saturated heterocycles. The van der Waals surface area contributed by atoms with Gasteiger partial charge in [-0.15, -0.1) is 11.3 Å². The maximum atomic E-state index is 12.3. The van der Waals surface area contributed by atoms with Gasteiger partial charge < -0.3 is 10.6 Å². The molecule has 98 valence electrons. The van der Waals surface area contributed by atoms with Gasteiger partial charge in [-0.1, -0.05) is 6.07 Å². The van der Waals surface area contributed by atoms with Crippen molar-refractivity contribution in [2.45, 2.75) is 19.3 Å². The molecule has 2 fully saturated rings. The number of thiophene rings is 1. The molecule has 1 aliphatic heterocycles. The summed E-state index contributed by atoms with van der Waals surface area (Å²) >= 11 is 1.76. The summed E-state index contributed by atoms with van der Waals surface area (Å²) < 4.78 is 0. The molecule has 1 aromatic heterocycles. The molecule has 2 aliphatic rings. The van der Waals surface area contributed by atoms with E-state index in [4.69, 9.17) is 0 Å². The first-order valence-corrected chi connectivity index (χ1v) is 7.73. The Hall–Kier alpha value is -0.870. The van der Waals surface area contributed by atoms with Crippen LogP contribution in [0.1, 0.15) is 17.7 Å². The Morgan fingerprint density at radius 3 is 2.83 bits per heavy atom. The van der Waals surface area contributed by atoms with Crippen LogP contribution < -0.4 is 10.6 Å². The van der Waals surface area contributed by atoms with Gasteiger partial charge >= 0.3 is 0 Å². The third-order valence-corrected chi connectivity index (χ3v) is 5.23. The smallest absolute Gasteiger partial charge is 0.223 e. The van der Waals surface area contributed by atoms with Crippen LogP contribution in [0.25, 0.3) is 0 Å². The van der Waals surface area contributed by atoms with Crippen molar-refractivity contribution < 1.29 is 4.79 Å². The lowest BCUT2D eigenvalue weighted by molar-refractivity contribution is -0.127. The molecule has 2 N–H and O–H groups in total. The first kappa shape index (κ1) is 12.2. The van der Waals surface area contributed by atoms with Gasteiger partial charge in [0.2, 0.25) is 5.91 Å². The Bertz CT molecular complexity index is 388. The topological polar surface area (TPSA) is 41.1 Å². The molecule has 18 heavy (non-hydrogen) atoms. The number of nitrogens with one attached hydrogen (secondary N) is 2. The Morgan fingerprint density at radius 1 is 1.39 bits per heavy atom. The minimum atomic E-state index is 0.273. The summed E-state index contributed by atoms with van der Waals surface area (Å²) in [5, 5.41) is 8.65. The van der Waals surface area contributed by atoms with Gasteiger partial charge in [0, 0.05) is 17.3 Å². The second-order valence-corrected chi connectivity index (χ2v) is 6.43. The number of rotatable bonds is 4. The number of carbonyl (C=O) groups is 1. The molecule has 1 amide bonds. The van der Waals surface area contributed by atoms with Crippen molar-refractivity contribution >= 4 is 17.2 Å². The highest BCUT2D eigenvalue weighted by molar-refractivity contribution is 7.09. The van der Waals surface area contributed by atoms with Crippen LogP contribution in [0.4, 0.5) is 0 Å². The SMILES string of the molecule is O=C(NCCc1cccs1)C1[C@H]2CC[C@H]1CNC2. The van der Waals surface area contributed by atoms with E-state index in [0.717, 1.165) is 26.1 Å². The monoisotopic (exact) mass is 264 g/mol. The van der Waals surface area contributed by atoms with Gasteiger partial charge in [0.05, 0.1) is 0 Å². The van der Waals surface area contributed by atoms with Crippen LogP contribution in [0, 0.1) is 17.8 Å². The van der Waals surface area contributed by atoms with Crippen molar-refractivity contribution in [3.8, 4) is 0 Å². The first-order valence-electron chi connectivity index (χ1n) is 6.85. The van der Waals surface area contributed by atoms with Gasteiger partial charge in [0.25, 0.3) is 0 Å². The van der Waals surface area contributed by atoms with Crippen LogP contribution in [-0.4, -0.2) is 25.5 Å². The average Bonchev–Trinajstić information content (AvgIpc) is 2.96. The van der Waals surface area contributed by atoms with E-state index in [2.05, 4.69) is 28.1 Å². The zero-order valence-corrected chi connectivity index (χ0v) is 11.3. The fourth-order valence-corrected chi connectivity index (χ4v) is 4.10. The van der Waals surface area contributed by atoms with Crippen LogP contribution >= 0.6 is 11.3 Å². The van der Waals surface area contributed by atoms with Crippen molar-refractivity contribution in [3.63, 3.8) is 0 Å². The molecule has 0 radical (unpaired) electrons. The zero-order chi connectivity index (χ0) is 12.4. The molecule has 2 heterocycles. The summed E-state index contributed by atoms with van der Waals surface area (Å²) in [5.41, 5.74) is 0. The first-order chi connectivity index (χ1) is 8.84. The molecule has 1 saturated carbocycles. The van der Waals surface area contributed by atoms with Crippen molar-refractivity contribution in [1.29, 1.82) is 0 Å². The third kappa shape index (κ3) is 2.45. The summed E-state index contributed by atoms with van der Waals surface area (Å²) in [4.78, 5) is 13.6. The fraction of sp³-hybridized carbons (Fsp3) is 0.643. The largest absolute Gasteiger partial charge is 0.355 e. The summed E-state index contributed by atoms with van der Waals surface area (Å²) in [6.45, 7) is 2.84. The predicted molar refractivity (Wildman–Crippen MR) is 73.6 cm³/mol. The Labute approximate surface area is 112 Å². The highest BCUT2D eigenvalue weighted by Crippen LogP contribution is 2.39. The Morgan fingerprint density at radius 2 is 2.17 bits per heavy atom. The summed E-state index contributed by atoms with van der Waals surface area (Å²) in [6, 6.07) is 4.19. The van der Waals surface area contributed by atoms with E-state index in [1.54, 1.807) is 11.3 Å². The predicted octanol–water partition coefficient (Wildman–Crippen LogP) is 1.65. The van der Waals surface area contributed by atoms with Crippen LogP contribution in [0.3, 0.4) is 0 Å². The Kier molecular flexibility index (Phi) is 3.66. The van der Waals surface area contributed by atoms with Crippen LogP contribution in [0.5, 0.6) is 0 Å². The summed E-state index contributed by atoms with van der Waals surface area (Å²) in [7, 11) is 0. The molecule has 0 spiro atoms. The molecule has 1 aromatic rings. The molecule has 2 bridgehead atoms. The van der Waals surface area contributed by atoms with Crippen LogP contribution in [0.2, 0.25) is 0 Å². The molecular weight excluding hydrogens is 244 g/mol. The maximum Gasteiger partial charge on any atom is 0.223 e. The van der Waals surface area contributed by atoms with E-state index >= 15 is 0 Å². The highest BCUT2D eigenvalue weighted by Gasteiger charge is 2.42. The fourth-order valence-electron chi connectivity index (χ4n) is 3.39. The Balaban J connectivity index is 1.49. The second kappa shape index (κ2) is 5.41. The number of hydrogen-bond acceptors (Lipinski definition) is 3. The van der Waals surface area contributed by atoms with Gasteiger partial charge in [0.1, 0.15) is 0 Å². The van der Waals surface area contributed by atoms with Crippen LogP contribution in [-0.2, 0) is 11.2 Å². The molecule has 0 unspecified atom stereocenters. The maximum absolute atomic E-state index is 12.3. The van der Waals surface area contributed by atoms with E-state index in [0.29, 0.717) is 17.7 Å². The van der Waals surface area contributed by atoms with Crippen molar-refractivity contribution in [3.05, 3.63) is 22.4 Å². The van der Waals surface area contributed by atoms with Crippen molar-refractivity contribution in [2.24, 2.45) is 17.8 Å². The van der Waals surface area contributed by atoms with Gasteiger partial charge in [-0.25, -0.2) is 0 Å². The van der Waals surface area contributed by atoms with E-state index in [1.807, 2.05) is 0 Å². The minimum Gasteiger partial charge on any atom is -0.355 e. The van der Waals surface area contributed by atoms with Crippen molar-refractivity contribution in [2.75, 3.05) is 19.6 Å². The standard InChI is InChI=1S/C14H20N2OS/c17-14(16-6-5-12-2-1-7-18-12)13-10-3-4-11(13)9-15-8-10/h1-2,7,10-11,13,15H,3-6,8-9H2,(H,16,17)/t10-,11-/m0/s1. The minimum absolute atomic E-state index is 0.273. The number of hydrogen-bond donors (Lipinski definition) is 2. The highest BCUT2D eigenvalue weighted by atomic mass is 32.1. The molecule has 4 heteroatoms. The van der Waals surface area contributed by atoms with E-state index < -0.39 is 0 Å². The molecule has 2 atom stereocenters. The lowest BCUT2D eigenvalue weighted by Gasteiger charge is -2.29. The number of fused-ring (bicyclic) bond motifs is 2. The van der Waals surface area contributed by atoms with E-state index in [-0.39, 0.29) is 5.92 Å². The molecular formula is C14H20N2OS. The number of piperidine rings is 1. The third-order valence-electron chi connectivity index (χ3n) is 4.29. The number of amides is 1. The van der Waals surface area contributed by atoms with Gasteiger partial charge in [-0.3, -0.25) is 4.79 Å². The lowest BCUT2D eigenvalue weighted by Crippen LogP contribution is -2.46. The quantitative estimate of drug-likeness (QED) is 0.868. The second-order valence-electron chi connectivity index (χ2n) is 5.40. The summed E-state index contributed by atoms with van der Waals surface area (Å²) in [6.07, 6.45) is 3.41. The number of carbonyl (C=O) groups excluding carboxylic acids is 1.